The largest absolute Gasteiger partial charge is 0.243 e. The lowest BCUT2D eigenvalue weighted by molar-refractivity contribution is 0.424. The van der Waals surface area contributed by atoms with E-state index in [4.69, 9.17) is 0 Å². The molecule has 2 aromatic rings. The van der Waals surface area contributed by atoms with Gasteiger partial charge in [0.2, 0.25) is 10.0 Å². The van der Waals surface area contributed by atoms with Gasteiger partial charge < -0.3 is 0 Å². The highest BCUT2D eigenvalue weighted by Gasteiger charge is 2.28. The number of rotatable bonds is 2. The van der Waals surface area contributed by atoms with E-state index in [9.17, 15) is 8.42 Å². The van der Waals surface area contributed by atoms with Crippen molar-refractivity contribution in [2.24, 2.45) is 0 Å². The lowest BCUT2D eigenvalue weighted by Crippen LogP contribution is -2.32. The van der Waals surface area contributed by atoms with Gasteiger partial charge >= 0.3 is 0 Å². The summed E-state index contributed by atoms with van der Waals surface area (Å²) in [6.07, 6.45) is 6.27. The Morgan fingerprint density at radius 3 is 2.23 bits per heavy atom. The Morgan fingerprint density at radius 2 is 1.50 bits per heavy atom. The topological polar surface area (TPSA) is 37.4 Å². The molecule has 0 aromatic heterocycles. The summed E-state index contributed by atoms with van der Waals surface area (Å²) in [5.41, 5.74) is 2.58. The second-order valence-electron chi connectivity index (χ2n) is 6.38. The molecule has 4 heteroatoms. The minimum Gasteiger partial charge on any atom is -0.207 e. The maximum Gasteiger partial charge on any atom is 0.243 e. The molecule has 0 spiro atoms. The van der Waals surface area contributed by atoms with Gasteiger partial charge in [-0.25, -0.2) is 8.42 Å². The standard InChI is InChI=1S/C18H21NO2S/c20-22(21,19-12-3-1-2-4-13-19)17-11-10-15-9-8-14-6-5-7-16(17)18(14)15/h5-7,10-11H,1-4,8-9,12-13H2. The molecule has 1 saturated heterocycles. The van der Waals surface area contributed by atoms with Gasteiger partial charge in [-0.3, -0.25) is 0 Å². The van der Waals surface area contributed by atoms with E-state index in [1.54, 1.807) is 4.31 Å². The predicted octanol–water partition coefficient (Wildman–Crippen LogP) is 3.50. The Balaban J connectivity index is 1.87. The summed E-state index contributed by atoms with van der Waals surface area (Å²) in [4.78, 5) is 0.497. The second kappa shape index (κ2) is 5.36. The summed E-state index contributed by atoms with van der Waals surface area (Å²) in [6, 6.07) is 9.93. The SMILES string of the molecule is O=S(=O)(c1ccc2c3c(cccc13)CC2)N1CCCCCC1. The van der Waals surface area contributed by atoms with Crippen molar-refractivity contribution in [1.29, 1.82) is 0 Å². The van der Waals surface area contributed by atoms with Crippen LogP contribution in [0.3, 0.4) is 0 Å². The van der Waals surface area contributed by atoms with E-state index in [-0.39, 0.29) is 0 Å². The Labute approximate surface area is 132 Å². The van der Waals surface area contributed by atoms with Gasteiger partial charge in [0.15, 0.2) is 0 Å². The van der Waals surface area contributed by atoms with Crippen molar-refractivity contribution in [3.8, 4) is 0 Å². The normalized spacial score (nSPS) is 19.5. The highest BCUT2D eigenvalue weighted by Crippen LogP contribution is 2.35. The molecule has 3 nitrogen and oxygen atoms in total. The number of aryl methyl sites for hydroxylation is 2. The van der Waals surface area contributed by atoms with Gasteiger partial charge in [0.05, 0.1) is 4.90 Å². The average molecular weight is 315 g/mol. The summed E-state index contributed by atoms with van der Waals surface area (Å²) >= 11 is 0. The van der Waals surface area contributed by atoms with Crippen molar-refractivity contribution in [1.82, 2.24) is 4.31 Å². The first-order valence-electron chi connectivity index (χ1n) is 8.21. The second-order valence-corrected chi connectivity index (χ2v) is 8.29. The smallest absolute Gasteiger partial charge is 0.207 e. The van der Waals surface area contributed by atoms with Crippen LogP contribution in [0.15, 0.2) is 35.2 Å². The Bertz CT molecular complexity index is 808. The quantitative estimate of drug-likeness (QED) is 0.850. The Morgan fingerprint density at radius 1 is 0.818 bits per heavy atom. The van der Waals surface area contributed by atoms with E-state index in [2.05, 4.69) is 6.07 Å². The average Bonchev–Trinajstić information content (AvgIpc) is 2.76. The van der Waals surface area contributed by atoms with Crippen LogP contribution in [0.5, 0.6) is 0 Å². The number of hydrogen-bond acceptors (Lipinski definition) is 2. The van der Waals surface area contributed by atoms with Gasteiger partial charge in [-0.15, -0.1) is 0 Å². The fraction of sp³-hybridized carbons (Fsp3) is 0.444. The van der Waals surface area contributed by atoms with Gasteiger partial charge in [0.1, 0.15) is 0 Å². The fourth-order valence-corrected chi connectivity index (χ4v) is 5.57. The first-order chi connectivity index (χ1) is 10.7. The van der Waals surface area contributed by atoms with E-state index in [0.717, 1.165) is 43.9 Å². The Hall–Kier alpha value is -1.39. The first-order valence-corrected chi connectivity index (χ1v) is 9.65. The molecule has 22 heavy (non-hydrogen) atoms. The highest BCUT2D eigenvalue weighted by molar-refractivity contribution is 7.89. The number of hydrogen-bond donors (Lipinski definition) is 0. The lowest BCUT2D eigenvalue weighted by Gasteiger charge is -2.21. The van der Waals surface area contributed by atoms with Gasteiger partial charge in [-0.05, 0) is 48.3 Å². The minimum absolute atomic E-state index is 0.497. The third-order valence-electron chi connectivity index (χ3n) is 5.02. The summed E-state index contributed by atoms with van der Waals surface area (Å²) in [5.74, 6) is 0. The van der Waals surface area contributed by atoms with Crippen LogP contribution >= 0.6 is 0 Å². The van der Waals surface area contributed by atoms with Gasteiger partial charge in [-0.2, -0.15) is 4.31 Å². The van der Waals surface area contributed by atoms with Crippen LogP contribution in [0.4, 0.5) is 0 Å². The van der Waals surface area contributed by atoms with Crippen molar-refractivity contribution in [2.75, 3.05) is 13.1 Å². The van der Waals surface area contributed by atoms with Crippen LogP contribution in [0.2, 0.25) is 0 Å². The zero-order chi connectivity index (χ0) is 15.2. The number of nitrogens with zero attached hydrogens (tertiary/aromatic N) is 1. The molecule has 1 heterocycles. The molecule has 0 unspecified atom stereocenters. The Kier molecular flexibility index (Phi) is 3.46. The molecule has 0 radical (unpaired) electrons. The van der Waals surface area contributed by atoms with Crippen LogP contribution in [-0.4, -0.2) is 25.8 Å². The van der Waals surface area contributed by atoms with E-state index in [1.165, 1.54) is 16.5 Å². The fourth-order valence-electron chi connectivity index (χ4n) is 3.87. The molecule has 1 aliphatic carbocycles. The van der Waals surface area contributed by atoms with Crippen LogP contribution in [0.25, 0.3) is 10.8 Å². The van der Waals surface area contributed by atoms with Gasteiger partial charge in [0, 0.05) is 18.5 Å². The third-order valence-corrected chi connectivity index (χ3v) is 6.98. The molecule has 4 rings (SSSR count). The zero-order valence-electron chi connectivity index (χ0n) is 12.7. The molecule has 0 N–H and O–H groups in total. The van der Waals surface area contributed by atoms with Crippen molar-refractivity contribution in [3.05, 3.63) is 41.5 Å². The lowest BCUT2D eigenvalue weighted by atomic mass is 10.1. The molecule has 0 atom stereocenters. The number of sulfonamides is 1. The van der Waals surface area contributed by atoms with Crippen molar-refractivity contribution in [3.63, 3.8) is 0 Å². The molecular formula is C18H21NO2S. The van der Waals surface area contributed by atoms with Crippen molar-refractivity contribution >= 4 is 20.8 Å². The van der Waals surface area contributed by atoms with E-state index in [0.29, 0.717) is 18.0 Å². The summed E-state index contributed by atoms with van der Waals surface area (Å²) in [7, 11) is -3.38. The molecule has 2 aromatic carbocycles. The number of benzene rings is 2. The summed E-state index contributed by atoms with van der Waals surface area (Å²) in [5, 5.41) is 2.09. The van der Waals surface area contributed by atoms with Crippen LogP contribution in [-0.2, 0) is 22.9 Å². The monoisotopic (exact) mass is 315 g/mol. The van der Waals surface area contributed by atoms with Crippen molar-refractivity contribution in [2.45, 2.75) is 43.4 Å². The van der Waals surface area contributed by atoms with E-state index >= 15 is 0 Å². The van der Waals surface area contributed by atoms with E-state index in [1.807, 2.05) is 24.3 Å². The summed E-state index contributed by atoms with van der Waals surface area (Å²) in [6.45, 7) is 1.32. The van der Waals surface area contributed by atoms with Gasteiger partial charge in [-0.1, -0.05) is 37.1 Å². The summed E-state index contributed by atoms with van der Waals surface area (Å²) < 4.78 is 27.9. The predicted molar refractivity (Wildman–Crippen MR) is 88.6 cm³/mol. The molecule has 2 aliphatic rings. The van der Waals surface area contributed by atoms with Crippen LogP contribution in [0, 0.1) is 0 Å². The molecule has 1 aliphatic heterocycles. The third kappa shape index (κ3) is 2.17. The maximum absolute atomic E-state index is 13.1. The van der Waals surface area contributed by atoms with Crippen LogP contribution < -0.4 is 0 Å². The van der Waals surface area contributed by atoms with Crippen molar-refractivity contribution < 1.29 is 8.42 Å². The molecule has 1 fully saturated rings. The highest BCUT2D eigenvalue weighted by atomic mass is 32.2. The zero-order valence-corrected chi connectivity index (χ0v) is 13.5. The first kappa shape index (κ1) is 14.2. The minimum atomic E-state index is -3.38. The maximum atomic E-state index is 13.1. The van der Waals surface area contributed by atoms with Gasteiger partial charge in [0.25, 0.3) is 0 Å². The molecule has 116 valence electrons. The van der Waals surface area contributed by atoms with Crippen LogP contribution in [0.1, 0.15) is 36.8 Å². The van der Waals surface area contributed by atoms with E-state index < -0.39 is 10.0 Å². The molecule has 0 saturated carbocycles. The molecule has 0 bridgehead atoms. The molecular weight excluding hydrogens is 294 g/mol. The molecule has 0 amide bonds.